The Morgan fingerprint density at radius 3 is 2.89 bits per heavy atom. The first-order chi connectivity index (χ1) is 9.13. The van der Waals surface area contributed by atoms with Crippen LogP contribution in [-0.4, -0.2) is 59.8 Å². The standard InChI is InChI=1S/C10H12N4O4S/c15-2-5-6(16)7(17)9(18-5)14-8-4(13-10(14)19)1-11-3-12-8/h1,3,5-7,9,15-17H,2H2,(H,13,19)/t5-,6-,7-,9-/m1/s1. The lowest BCUT2D eigenvalue weighted by molar-refractivity contribution is -0.0517. The summed E-state index contributed by atoms with van der Waals surface area (Å²) in [5.74, 6) is 0. The Hall–Kier alpha value is -1.39. The summed E-state index contributed by atoms with van der Waals surface area (Å²) in [6.07, 6.45) is -1.22. The van der Waals surface area contributed by atoms with Crippen LogP contribution < -0.4 is 0 Å². The van der Waals surface area contributed by atoms with Gasteiger partial charge in [-0.2, -0.15) is 0 Å². The summed E-state index contributed by atoms with van der Waals surface area (Å²) < 4.78 is 7.20. The molecule has 0 aromatic carbocycles. The van der Waals surface area contributed by atoms with Gasteiger partial charge in [-0.25, -0.2) is 9.97 Å². The Morgan fingerprint density at radius 1 is 1.42 bits per heavy atom. The smallest absolute Gasteiger partial charge is 0.181 e. The van der Waals surface area contributed by atoms with Crippen molar-refractivity contribution in [2.45, 2.75) is 24.5 Å². The molecular formula is C10H12N4O4S. The third-order valence-corrected chi connectivity index (χ3v) is 3.45. The van der Waals surface area contributed by atoms with Crippen LogP contribution in [0.1, 0.15) is 6.23 Å². The number of aromatic amines is 1. The molecule has 19 heavy (non-hydrogen) atoms. The van der Waals surface area contributed by atoms with Gasteiger partial charge in [0.05, 0.1) is 12.8 Å². The number of hydrogen-bond donors (Lipinski definition) is 4. The van der Waals surface area contributed by atoms with Crippen LogP contribution in [-0.2, 0) is 4.74 Å². The molecule has 4 atom stereocenters. The van der Waals surface area contributed by atoms with E-state index < -0.39 is 24.5 Å². The fourth-order valence-electron chi connectivity index (χ4n) is 2.20. The maximum absolute atomic E-state index is 10.0. The zero-order chi connectivity index (χ0) is 13.6. The molecule has 1 saturated heterocycles. The van der Waals surface area contributed by atoms with E-state index in [4.69, 9.17) is 22.1 Å². The first kappa shape index (κ1) is 12.6. The molecule has 102 valence electrons. The number of aliphatic hydroxyl groups excluding tert-OH is 3. The van der Waals surface area contributed by atoms with Gasteiger partial charge in [0.1, 0.15) is 30.2 Å². The predicted octanol–water partition coefficient (Wildman–Crippen LogP) is -0.900. The van der Waals surface area contributed by atoms with Gasteiger partial charge < -0.3 is 25.0 Å². The number of imidazole rings is 1. The van der Waals surface area contributed by atoms with Crippen molar-refractivity contribution in [1.29, 1.82) is 0 Å². The average Bonchev–Trinajstić information content (AvgIpc) is 2.88. The highest BCUT2D eigenvalue weighted by atomic mass is 32.1. The first-order valence-electron chi connectivity index (χ1n) is 5.66. The predicted molar refractivity (Wildman–Crippen MR) is 65.7 cm³/mol. The number of nitrogens with zero attached hydrogens (tertiary/aromatic N) is 3. The quantitative estimate of drug-likeness (QED) is 0.528. The van der Waals surface area contributed by atoms with Gasteiger partial charge in [0.2, 0.25) is 0 Å². The van der Waals surface area contributed by atoms with E-state index in [2.05, 4.69) is 15.0 Å². The molecule has 2 aromatic rings. The third kappa shape index (κ3) is 1.86. The van der Waals surface area contributed by atoms with Crippen LogP contribution in [0.25, 0.3) is 11.2 Å². The minimum Gasteiger partial charge on any atom is -0.394 e. The lowest BCUT2D eigenvalue weighted by Gasteiger charge is -2.16. The van der Waals surface area contributed by atoms with Crippen LogP contribution in [0.15, 0.2) is 12.5 Å². The molecule has 3 heterocycles. The normalized spacial score (nSPS) is 31.1. The van der Waals surface area contributed by atoms with E-state index in [-0.39, 0.29) is 6.61 Å². The second-order valence-electron chi connectivity index (χ2n) is 4.29. The number of fused-ring (bicyclic) bond motifs is 1. The van der Waals surface area contributed by atoms with E-state index in [1.807, 2.05) is 0 Å². The lowest BCUT2D eigenvalue weighted by atomic mass is 10.1. The van der Waals surface area contributed by atoms with Gasteiger partial charge in [0.25, 0.3) is 0 Å². The van der Waals surface area contributed by atoms with Crippen LogP contribution >= 0.6 is 12.2 Å². The summed E-state index contributed by atoms with van der Waals surface area (Å²) in [4.78, 5) is 10.8. The Morgan fingerprint density at radius 2 is 2.21 bits per heavy atom. The highest BCUT2D eigenvalue weighted by Crippen LogP contribution is 2.31. The molecule has 0 amide bonds. The van der Waals surface area contributed by atoms with Crippen LogP contribution in [0.5, 0.6) is 0 Å². The third-order valence-electron chi connectivity index (χ3n) is 3.15. The molecule has 3 rings (SSSR count). The molecule has 0 spiro atoms. The van der Waals surface area contributed by atoms with E-state index >= 15 is 0 Å². The summed E-state index contributed by atoms with van der Waals surface area (Å²) >= 11 is 5.16. The second-order valence-corrected chi connectivity index (χ2v) is 4.68. The van der Waals surface area contributed by atoms with E-state index in [0.717, 1.165) is 0 Å². The lowest BCUT2D eigenvalue weighted by Crippen LogP contribution is -2.33. The molecule has 0 bridgehead atoms. The summed E-state index contributed by atoms with van der Waals surface area (Å²) in [5.41, 5.74) is 1.07. The van der Waals surface area contributed by atoms with Crippen molar-refractivity contribution >= 4 is 23.4 Å². The number of hydrogen-bond acceptors (Lipinski definition) is 7. The van der Waals surface area contributed by atoms with Gasteiger partial charge in [-0.1, -0.05) is 0 Å². The molecule has 0 aliphatic carbocycles. The molecule has 0 saturated carbocycles. The van der Waals surface area contributed by atoms with Gasteiger partial charge in [-0.05, 0) is 12.2 Å². The number of aromatic nitrogens is 4. The monoisotopic (exact) mass is 284 g/mol. The van der Waals surface area contributed by atoms with Crippen molar-refractivity contribution in [1.82, 2.24) is 19.5 Å². The molecule has 0 radical (unpaired) electrons. The molecule has 1 fully saturated rings. The molecular weight excluding hydrogens is 272 g/mol. The Kier molecular flexibility index (Phi) is 3.07. The topological polar surface area (TPSA) is 116 Å². The van der Waals surface area contributed by atoms with Gasteiger partial charge in [-0.15, -0.1) is 0 Å². The second kappa shape index (κ2) is 4.62. The van der Waals surface area contributed by atoms with Crippen molar-refractivity contribution in [2.24, 2.45) is 0 Å². The SMILES string of the molecule is OC[C@H]1O[C@@H](n2c(=S)[nH]c3cncnc32)[C@H](O)[C@@H]1O. The minimum atomic E-state index is -1.20. The number of nitrogens with one attached hydrogen (secondary N) is 1. The zero-order valence-corrected chi connectivity index (χ0v) is 10.5. The highest BCUT2D eigenvalue weighted by Gasteiger charge is 2.44. The highest BCUT2D eigenvalue weighted by molar-refractivity contribution is 7.71. The molecule has 8 nitrogen and oxygen atoms in total. The van der Waals surface area contributed by atoms with Crippen molar-refractivity contribution in [3.63, 3.8) is 0 Å². The van der Waals surface area contributed by atoms with Crippen molar-refractivity contribution in [2.75, 3.05) is 6.61 Å². The molecule has 9 heteroatoms. The summed E-state index contributed by atoms with van der Waals surface area (Å²) in [6, 6.07) is 0. The summed E-state index contributed by atoms with van der Waals surface area (Å²) in [6.45, 7) is -0.389. The van der Waals surface area contributed by atoms with Crippen molar-refractivity contribution in [3.05, 3.63) is 17.3 Å². The number of ether oxygens (including phenoxy) is 1. The Bertz CT molecular complexity index is 656. The van der Waals surface area contributed by atoms with Crippen molar-refractivity contribution in [3.8, 4) is 0 Å². The summed E-state index contributed by atoms with van der Waals surface area (Å²) in [5, 5.41) is 28.9. The molecule has 4 N–H and O–H groups in total. The fourth-order valence-corrected chi connectivity index (χ4v) is 2.50. The van der Waals surface area contributed by atoms with Crippen LogP contribution in [0.4, 0.5) is 0 Å². The van der Waals surface area contributed by atoms with Gasteiger partial charge in [0.15, 0.2) is 16.6 Å². The Labute approximate surface area is 112 Å². The van der Waals surface area contributed by atoms with E-state index in [9.17, 15) is 10.2 Å². The van der Waals surface area contributed by atoms with Gasteiger partial charge >= 0.3 is 0 Å². The first-order valence-corrected chi connectivity index (χ1v) is 6.07. The van der Waals surface area contributed by atoms with E-state index in [1.165, 1.54) is 10.9 Å². The zero-order valence-electron chi connectivity index (χ0n) is 9.67. The van der Waals surface area contributed by atoms with E-state index in [1.54, 1.807) is 6.20 Å². The largest absolute Gasteiger partial charge is 0.394 e. The van der Waals surface area contributed by atoms with Crippen LogP contribution in [0.3, 0.4) is 0 Å². The summed E-state index contributed by atoms with van der Waals surface area (Å²) in [7, 11) is 0. The molecule has 0 unspecified atom stereocenters. The maximum atomic E-state index is 10.0. The number of aliphatic hydroxyl groups is 3. The molecule has 2 aromatic heterocycles. The number of H-pyrrole nitrogens is 1. The van der Waals surface area contributed by atoms with Crippen molar-refractivity contribution < 1.29 is 20.1 Å². The molecule has 1 aliphatic heterocycles. The number of rotatable bonds is 2. The fraction of sp³-hybridized carbons (Fsp3) is 0.500. The van der Waals surface area contributed by atoms with E-state index in [0.29, 0.717) is 15.9 Å². The average molecular weight is 284 g/mol. The van der Waals surface area contributed by atoms with Crippen LogP contribution in [0, 0.1) is 4.77 Å². The van der Waals surface area contributed by atoms with Gasteiger partial charge in [0, 0.05) is 0 Å². The van der Waals surface area contributed by atoms with Crippen LogP contribution in [0.2, 0.25) is 0 Å². The Balaban J connectivity index is 2.10. The maximum Gasteiger partial charge on any atom is 0.181 e. The minimum absolute atomic E-state index is 0.297. The van der Waals surface area contributed by atoms with Gasteiger partial charge in [-0.3, -0.25) is 4.57 Å². The molecule has 1 aliphatic rings.